The smallest absolute Gasteiger partial charge is 0.0491 e. The topological polar surface area (TPSA) is 37.2 Å². The van der Waals surface area contributed by atoms with Gasteiger partial charge in [0, 0.05) is 41.8 Å². The molecule has 2 aromatic carbocycles. The van der Waals surface area contributed by atoms with E-state index in [1.165, 1.54) is 16.5 Å². The van der Waals surface area contributed by atoms with E-state index in [0.29, 0.717) is 0 Å². The van der Waals surface area contributed by atoms with E-state index in [4.69, 9.17) is 16.7 Å². The Bertz CT molecular complexity index is 813. The SMILES string of the molecule is OCCCCCNCc1cn(Cc2ccccc2Cl)c2ccccc12. The Kier molecular flexibility index (Phi) is 6.51. The summed E-state index contributed by atoms with van der Waals surface area (Å²) < 4.78 is 2.28. The second-order valence-corrected chi connectivity index (χ2v) is 6.76. The highest BCUT2D eigenvalue weighted by atomic mass is 35.5. The van der Waals surface area contributed by atoms with Gasteiger partial charge >= 0.3 is 0 Å². The molecule has 0 spiro atoms. The van der Waals surface area contributed by atoms with Crippen LogP contribution in [0.4, 0.5) is 0 Å². The molecule has 132 valence electrons. The number of nitrogens with zero attached hydrogens (tertiary/aromatic N) is 1. The minimum atomic E-state index is 0.287. The van der Waals surface area contributed by atoms with E-state index in [2.05, 4.69) is 46.4 Å². The maximum Gasteiger partial charge on any atom is 0.0491 e. The van der Waals surface area contributed by atoms with Crippen LogP contribution in [0.2, 0.25) is 5.02 Å². The van der Waals surface area contributed by atoms with Crippen LogP contribution in [-0.2, 0) is 13.1 Å². The zero-order valence-electron chi connectivity index (χ0n) is 14.4. The Labute approximate surface area is 154 Å². The molecule has 0 saturated heterocycles. The number of nitrogens with one attached hydrogen (secondary N) is 1. The molecule has 2 N–H and O–H groups in total. The summed E-state index contributed by atoms with van der Waals surface area (Å²) in [6.07, 6.45) is 5.28. The van der Waals surface area contributed by atoms with Crippen molar-refractivity contribution in [3.8, 4) is 0 Å². The molecule has 3 rings (SSSR count). The zero-order chi connectivity index (χ0) is 17.5. The summed E-state index contributed by atoms with van der Waals surface area (Å²) in [5, 5.41) is 14.4. The van der Waals surface area contributed by atoms with Crippen molar-refractivity contribution in [3.05, 3.63) is 70.9 Å². The first-order valence-corrected chi connectivity index (χ1v) is 9.29. The predicted octanol–water partition coefficient (Wildman–Crippen LogP) is 4.60. The van der Waals surface area contributed by atoms with Crippen molar-refractivity contribution in [1.29, 1.82) is 0 Å². The van der Waals surface area contributed by atoms with Crippen molar-refractivity contribution in [3.63, 3.8) is 0 Å². The first-order chi connectivity index (χ1) is 12.3. The van der Waals surface area contributed by atoms with Gasteiger partial charge in [-0.25, -0.2) is 0 Å². The average molecular weight is 357 g/mol. The fourth-order valence-electron chi connectivity index (χ4n) is 3.17. The largest absolute Gasteiger partial charge is 0.396 e. The summed E-state index contributed by atoms with van der Waals surface area (Å²) in [5.74, 6) is 0. The normalized spacial score (nSPS) is 11.3. The fourth-order valence-corrected chi connectivity index (χ4v) is 3.36. The van der Waals surface area contributed by atoms with Crippen LogP contribution in [0.25, 0.3) is 10.9 Å². The third-order valence-electron chi connectivity index (χ3n) is 4.50. The summed E-state index contributed by atoms with van der Waals surface area (Å²) in [6.45, 7) is 2.89. The van der Waals surface area contributed by atoms with Crippen molar-refractivity contribution in [2.24, 2.45) is 0 Å². The molecule has 1 heterocycles. The highest BCUT2D eigenvalue weighted by Crippen LogP contribution is 2.24. The Morgan fingerprint density at radius 2 is 1.72 bits per heavy atom. The summed E-state index contributed by atoms with van der Waals surface area (Å²) in [6, 6.07) is 16.5. The van der Waals surface area contributed by atoms with E-state index >= 15 is 0 Å². The van der Waals surface area contributed by atoms with Crippen LogP contribution in [0.3, 0.4) is 0 Å². The molecule has 1 aromatic heterocycles. The molecule has 0 atom stereocenters. The Morgan fingerprint density at radius 1 is 0.920 bits per heavy atom. The third kappa shape index (κ3) is 4.63. The summed E-state index contributed by atoms with van der Waals surface area (Å²) in [7, 11) is 0. The third-order valence-corrected chi connectivity index (χ3v) is 4.87. The highest BCUT2D eigenvalue weighted by molar-refractivity contribution is 6.31. The van der Waals surface area contributed by atoms with Crippen LogP contribution in [0, 0.1) is 0 Å². The van der Waals surface area contributed by atoms with Crippen molar-refractivity contribution in [2.45, 2.75) is 32.4 Å². The fraction of sp³-hybridized carbons (Fsp3) is 0.333. The molecular formula is C21H25ClN2O. The number of aromatic nitrogens is 1. The molecule has 0 saturated carbocycles. The molecule has 3 aromatic rings. The quantitative estimate of drug-likeness (QED) is 0.550. The second-order valence-electron chi connectivity index (χ2n) is 6.35. The van der Waals surface area contributed by atoms with Gasteiger partial charge in [-0.15, -0.1) is 0 Å². The van der Waals surface area contributed by atoms with Crippen LogP contribution in [0.15, 0.2) is 54.7 Å². The molecule has 0 bridgehead atoms. The highest BCUT2D eigenvalue weighted by Gasteiger charge is 2.09. The lowest BCUT2D eigenvalue weighted by molar-refractivity contribution is 0.283. The Morgan fingerprint density at radius 3 is 2.56 bits per heavy atom. The van der Waals surface area contributed by atoms with E-state index in [1.54, 1.807) is 0 Å². The van der Waals surface area contributed by atoms with E-state index < -0.39 is 0 Å². The lowest BCUT2D eigenvalue weighted by Crippen LogP contribution is -2.14. The lowest BCUT2D eigenvalue weighted by Gasteiger charge is -2.07. The van der Waals surface area contributed by atoms with Gasteiger partial charge in [-0.05, 0) is 49.1 Å². The van der Waals surface area contributed by atoms with Crippen molar-refractivity contribution < 1.29 is 5.11 Å². The molecule has 25 heavy (non-hydrogen) atoms. The maximum absolute atomic E-state index is 8.83. The number of fused-ring (bicyclic) bond motifs is 1. The minimum Gasteiger partial charge on any atom is -0.396 e. The molecular weight excluding hydrogens is 332 g/mol. The lowest BCUT2D eigenvalue weighted by atomic mass is 10.1. The number of hydrogen-bond acceptors (Lipinski definition) is 2. The van der Waals surface area contributed by atoms with Gasteiger partial charge in [-0.3, -0.25) is 0 Å². The Hall–Kier alpha value is -1.81. The minimum absolute atomic E-state index is 0.287. The average Bonchev–Trinajstić information content (AvgIpc) is 2.98. The molecule has 3 nitrogen and oxygen atoms in total. The van der Waals surface area contributed by atoms with Gasteiger partial charge in [-0.2, -0.15) is 0 Å². The molecule has 0 fully saturated rings. The monoisotopic (exact) mass is 356 g/mol. The summed E-state index contributed by atoms with van der Waals surface area (Å²) in [5.41, 5.74) is 3.68. The number of halogens is 1. The van der Waals surface area contributed by atoms with Crippen molar-refractivity contribution in [1.82, 2.24) is 9.88 Å². The molecule has 4 heteroatoms. The second kappa shape index (κ2) is 9.04. The van der Waals surface area contributed by atoms with Crippen LogP contribution in [0.5, 0.6) is 0 Å². The van der Waals surface area contributed by atoms with E-state index in [9.17, 15) is 0 Å². The molecule has 0 aliphatic carbocycles. The molecule has 0 aliphatic heterocycles. The van der Waals surface area contributed by atoms with Crippen LogP contribution in [0.1, 0.15) is 30.4 Å². The number of rotatable bonds is 9. The maximum atomic E-state index is 8.83. The summed E-state index contributed by atoms with van der Waals surface area (Å²) in [4.78, 5) is 0. The molecule has 0 unspecified atom stereocenters. The standard InChI is InChI=1S/C21H25ClN2O/c22-20-10-4-2-8-17(20)15-24-16-18(14-23-12-6-1-7-13-25)19-9-3-5-11-21(19)24/h2-5,8-11,16,23,25H,1,6-7,12-15H2. The van der Waals surface area contributed by atoms with Gasteiger partial charge in [0.25, 0.3) is 0 Å². The van der Waals surface area contributed by atoms with E-state index in [0.717, 1.165) is 49.5 Å². The Balaban J connectivity index is 1.73. The molecule has 0 amide bonds. The van der Waals surface area contributed by atoms with E-state index in [-0.39, 0.29) is 6.61 Å². The van der Waals surface area contributed by atoms with Gasteiger partial charge < -0.3 is 15.0 Å². The molecule has 0 aliphatic rings. The predicted molar refractivity (Wildman–Crippen MR) is 105 cm³/mol. The first kappa shape index (κ1) is 18.0. The van der Waals surface area contributed by atoms with Gasteiger partial charge in [0.05, 0.1) is 0 Å². The van der Waals surface area contributed by atoms with Gasteiger partial charge in [0.1, 0.15) is 0 Å². The molecule has 0 radical (unpaired) electrons. The van der Waals surface area contributed by atoms with Gasteiger partial charge in [-0.1, -0.05) is 48.0 Å². The number of para-hydroxylation sites is 1. The van der Waals surface area contributed by atoms with Crippen LogP contribution < -0.4 is 5.32 Å². The van der Waals surface area contributed by atoms with Crippen LogP contribution >= 0.6 is 11.6 Å². The van der Waals surface area contributed by atoms with Crippen molar-refractivity contribution in [2.75, 3.05) is 13.2 Å². The van der Waals surface area contributed by atoms with Gasteiger partial charge in [0.2, 0.25) is 0 Å². The zero-order valence-corrected chi connectivity index (χ0v) is 15.2. The first-order valence-electron chi connectivity index (χ1n) is 8.91. The number of aliphatic hydroxyl groups excluding tert-OH is 1. The van der Waals surface area contributed by atoms with E-state index in [1.807, 2.05) is 18.2 Å². The van der Waals surface area contributed by atoms with Crippen LogP contribution in [-0.4, -0.2) is 22.8 Å². The number of unbranched alkanes of at least 4 members (excludes halogenated alkanes) is 2. The summed E-state index contributed by atoms with van der Waals surface area (Å²) >= 11 is 6.33. The number of benzene rings is 2. The number of aliphatic hydroxyl groups is 1. The number of hydrogen-bond donors (Lipinski definition) is 2. The van der Waals surface area contributed by atoms with Crippen molar-refractivity contribution >= 4 is 22.5 Å². The van der Waals surface area contributed by atoms with Gasteiger partial charge in [0.15, 0.2) is 0 Å².